The molecule has 1 atom stereocenters. The molecule has 0 rings (SSSR count). The Kier molecular flexibility index (Phi) is 7.60. The van der Waals surface area contributed by atoms with Gasteiger partial charge in [0.1, 0.15) is 5.78 Å². The van der Waals surface area contributed by atoms with Gasteiger partial charge in [-0.05, 0) is 6.42 Å². The minimum atomic E-state index is -0.654. The van der Waals surface area contributed by atoms with Crippen LogP contribution in [0, 0.1) is 0 Å². The summed E-state index contributed by atoms with van der Waals surface area (Å²) in [5.74, 6) is 0.142. The highest BCUT2D eigenvalue weighted by Crippen LogP contribution is 2.05. The fraction of sp³-hybridized carbons (Fsp3) is 0.727. The summed E-state index contributed by atoms with van der Waals surface area (Å²) in [6, 6.07) is 0. The third-order valence-electron chi connectivity index (χ3n) is 2.02. The highest BCUT2D eigenvalue weighted by atomic mass is 16.3. The smallest absolute Gasteiger partial charge is 0.135 e. The van der Waals surface area contributed by atoms with Gasteiger partial charge < -0.3 is 5.11 Å². The molecule has 0 heterocycles. The minimum Gasteiger partial charge on any atom is -0.389 e. The number of Topliss-reactive ketones (excluding diaryl/α,β-unsaturated/α-hetero) is 1. The van der Waals surface area contributed by atoms with Crippen molar-refractivity contribution in [2.45, 2.75) is 51.6 Å². The van der Waals surface area contributed by atoms with Crippen molar-refractivity contribution in [3.05, 3.63) is 12.7 Å². The highest BCUT2D eigenvalue weighted by molar-refractivity contribution is 5.79. The Morgan fingerprint density at radius 2 is 2.15 bits per heavy atom. The second kappa shape index (κ2) is 7.99. The maximum absolute atomic E-state index is 11.2. The number of rotatable bonds is 8. The average Bonchev–Trinajstić information content (AvgIpc) is 2.12. The number of aliphatic hydroxyl groups is 1. The number of hydrogen-bond donors (Lipinski definition) is 1. The number of aliphatic hydroxyl groups excluding tert-OH is 1. The van der Waals surface area contributed by atoms with Crippen molar-refractivity contribution < 1.29 is 9.90 Å². The average molecular weight is 184 g/mol. The molecule has 0 amide bonds. The predicted molar refractivity (Wildman–Crippen MR) is 54.6 cm³/mol. The van der Waals surface area contributed by atoms with E-state index in [9.17, 15) is 4.79 Å². The van der Waals surface area contributed by atoms with E-state index < -0.39 is 6.10 Å². The molecule has 0 aromatic carbocycles. The van der Waals surface area contributed by atoms with Gasteiger partial charge in [0.25, 0.3) is 0 Å². The van der Waals surface area contributed by atoms with Crippen LogP contribution in [-0.2, 0) is 4.79 Å². The van der Waals surface area contributed by atoms with Gasteiger partial charge in [-0.3, -0.25) is 4.79 Å². The molecule has 76 valence electrons. The number of hydrogen-bond acceptors (Lipinski definition) is 2. The third-order valence-corrected chi connectivity index (χ3v) is 2.02. The maximum atomic E-state index is 11.2. The van der Waals surface area contributed by atoms with Crippen molar-refractivity contribution in [1.29, 1.82) is 0 Å². The largest absolute Gasteiger partial charge is 0.389 e. The van der Waals surface area contributed by atoms with E-state index in [1.54, 1.807) is 0 Å². The summed E-state index contributed by atoms with van der Waals surface area (Å²) in [4.78, 5) is 11.2. The first-order valence-electron chi connectivity index (χ1n) is 5.03. The van der Waals surface area contributed by atoms with Crippen molar-refractivity contribution in [2.75, 3.05) is 0 Å². The van der Waals surface area contributed by atoms with E-state index in [-0.39, 0.29) is 12.2 Å². The quantitative estimate of drug-likeness (QED) is 0.465. The molecule has 0 aliphatic carbocycles. The zero-order valence-electron chi connectivity index (χ0n) is 8.46. The topological polar surface area (TPSA) is 37.3 Å². The van der Waals surface area contributed by atoms with Crippen LogP contribution in [-0.4, -0.2) is 17.0 Å². The zero-order chi connectivity index (χ0) is 10.1. The van der Waals surface area contributed by atoms with Crippen LogP contribution in [0.2, 0.25) is 0 Å². The molecule has 0 spiro atoms. The fourth-order valence-electron chi connectivity index (χ4n) is 1.17. The molecule has 1 unspecified atom stereocenters. The summed E-state index contributed by atoms with van der Waals surface area (Å²) < 4.78 is 0. The van der Waals surface area contributed by atoms with Gasteiger partial charge in [0.15, 0.2) is 0 Å². The van der Waals surface area contributed by atoms with Gasteiger partial charge in [0, 0.05) is 12.8 Å². The molecule has 0 radical (unpaired) electrons. The molecule has 0 saturated carbocycles. The monoisotopic (exact) mass is 184 g/mol. The molecule has 0 saturated heterocycles. The molecule has 2 heteroatoms. The van der Waals surface area contributed by atoms with E-state index in [1.807, 2.05) is 0 Å². The van der Waals surface area contributed by atoms with Crippen molar-refractivity contribution in [1.82, 2.24) is 0 Å². The first-order valence-corrected chi connectivity index (χ1v) is 5.03. The van der Waals surface area contributed by atoms with Gasteiger partial charge in [-0.2, -0.15) is 0 Å². The Morgan fingerprint density at radius 1 is 1.46 bits per heavy atom. The van der Waals surface area contributed by atoms with Crippen LogP contribution in [0.15, 0.2) is 12.7 Å². The summed E-state index contributed by atoms with van der Waals surface area (Å²) >= 11 is 0. The van der Waals surface area contributed by atoms with Crippen LogP contribution in [0.3, 0.4) is 0 Å². The van der Waals surface area contributed by atoms with Gasteiger partial charge >= 0.3 is 0 Å². The number of unbranched alkanes of at least 4 members (excludes halogenated alkanes) is 3. The molecule has 1 N–H and O–H groups in total. The normalized spacial score (nSPS) is 12.5. The molecule has 0 aromatic heterocycles. The first-order chi connectivity index (χ1) is 6.20. The van der Waals surface area contributed by atoms with Crippen LogP contribution in [0.25, 0.3) is 0 Å². The van der Waals surface area contributed by atoms with Crippen molar-refractivity contribution in [2.24, 2.45) is 0 Å². The second-order valence-electron chi connectivity index (χ2n) is 3.36. The van der Waals surface area contributed by atoms with Gasteiger partial charge in [0.2, 0.25) is 0 Å². The Morgan fingerprint density at radius 3 is 2.69 bits per heavy atom. The predicted octanol–water partition coefficient (Wildman–Crippen LogP) is 2.46. The van der Waals surface area contributed by atoms with Crippen molar-refractivity contribution in [3.8, 4) is 0 Å². The van der Waals surface area contributed by atoms with Crippen LogP contribution in [0.5, 0.6) is 0 Å². The Labute approximate surface area is 80.7 Å². The van der Waals surface area contributed by atoms with E-state index >= 15 is 0 Å². The van der Waals surface area contributed by atoms with Crippen LogP contribution in [0.1, 0.15) is 45.4 Å². The van der Waals surface area contributed by atoms with Crippen LogP contribution < -0.4 is 0 Å². The Bertz CT molecular complexity index is 152. The number of ketones is 1. The van der Waals surface area contributed by atoms with Gasteiger partial charge in [-0.25, -0.2) is 0 Å². The van der Waals surface area contributed by atoms with Crippen LogP contribution >= 0.6 is 0 Å². The summed E-state index contributed by atoms with van der Waals surface area (Å²) in [7, 11) is 0. The van der Waals surface area contributed by atoms with Crippen molar-refractivity contribution >= 4 is 5.78 Å². The standard InChI is InChI=1S/C11H20O2/c1-3-5-6-7-8-11(13)9-10(12)4-2/h4,10,12H,2-3,5-9H2,1H3. The van der Waals surface area contributed by atoms with E-state index in [1.165, 1.54) is 18.9 Å². The molecule has 0 aromatic rings. The van der Waals surface area contributed by atoms with Crippen molar-refractivity contribution in [3.63, 3.8) is 0 Å². The molecule has 2 nitrogen and oxygen atoms in total. The SMILES string of the molecule is C=CC(O)CC(=O)CCCCCC. The lowest BCUT2D eigenvalue weighted by Crippen LogP contribution is -2.10. The summed E-state index contributed by atoms with van der Waals surface area (Å²) in [5, 5.41) is 9.09. The van der Waals surface area contributed by atoms with Gasteiger partial charge in [-0.15, -0.1) is 6.58 Å². The molecule has 0 bridgehead atoms. The number of carbonyl (C=O) groups is 1. The number of carbonyl (C=O) groups excluding carboxylic acids is 1. The van der Waals surface area contributed by atoms with E-state index in [0.717, 1.165) is 12.8 Å². The highest BCUT2D eigenvalue weighted by Gasteiger charge is 2.06. The molecular weight excluding hydrogens is 164 g/mol. The van der Waals surface area contributed by atoms with E-state index in [2.05, 4.69) is 13.5 Å². The van der Waals surface area contributed by atoms with E-state index in [0.29, 0.717) is 6.42 Å². The zero-order valence-corrected chi connectivity index (χ0v) is 8.46. The Balaban J connectivity index is 3.35. The fourth-order valence-corrected chi connectivity index (χ4v) is 1.17. The lowest BCUT2D eigenvalue weighted by molar-refractivity contribution is -0.120. The third kappa shape index (κ3) is 7.72. The van der Waals surface area contributed by atoms with Gasteiger partial charge in [-0.1, -0.05) is 32.3 Å². The molecule has 0 fully saturated rings. The molecule has 13 heavy (non-hydrogen) atoms. The minimum absolute atomic E-state index is 0.142. The lowest BCUT2D eigenvalue weighted by atomic mass is 10.1. The molecular formula is C11H20O2. The maximum Gasteiger partial charge on any atom is 0.135 e. The molecule has 0 aliphatic rings. The van der Waals surface area contributed by atoms with Gasteiger partial charge in [0.05, 0.1) is 6.10 Å². The van der Waals surface area contributed by atoms with Crippen LogP contribution in [0.4, 0.5) is 0 Å². The van der Waals surface area contributed by atoms with E-state index in [4.69, 9.17) is 5.11 Å². The second-order valence-corrected chi connectivity index (χ2v) is 3.36. The first kappa shape index (κ1) is 12.4. The summed E-state index contributed by atoms with van der Waals surface area (Å²) in [6.07, 6.45) is 6.03. The molecule has 0 aliphatic heterocycles. The Hall–Kier alpha value is -0.630. The lowest BCUT2D eigenvalue weighted by Gasteiger charge is -2.03. The summed E-state index contributed by atoms with van der Waals surface area (Å²) in [5.41, 5.74) is 0. The summed E-state index contributed by atoms with van der Waals surface area (Å²) in [6.45, 7) is 5.56.